The van der Waals surface area contributed by atoms with E-state index in [1.54, 1.807) is 17.0 Å². The molecule has 4 rings (SSSR count). The fourth-order valence-electron chi connectivity index (χ4n) is 3.66. The molecular formula is C23H23N5O4. The zero-order valence-electron chi connectivity index (χ0n) is 17.7. The van der Waals surface area contributed by atoms with Gasteiger partial charge < -0.3 is 14.5 Å². The number of nitrogens with zero attached hydrogens (tertiary/aromatic N) is 5. The molecule has 0 aliphatic carbocycles. The highest BCUT2D eigenvalue weighted by atomic mass is 16.6. The van der Waals surface area contributed by atoms with Gasteiger partial charge in [0.15, 0.2) is 5.82 Å². The molecule has 2 heterocycles. The molecule has 9 heteroatoms. The molecular weight excluding hydrogens is 410 g/mol. The van der Waals surface area contributed by atoms with Gasteiger partial charge in [0.2, 0.25) is 0 Å². The molecule has 0 saturated carbocycles. The monoisotopic (exact) mass is 433 g/mol. The van der Waals surface area contributed by atoms with Crippen molar-refractivity contribution in [1.29, 1.82) is 0 Å². The van der Waals surface area contributed by atoms with Crippen molar-refractivity contribution in [3.8, 4) is 17.0 Å². The average Bonchev–Trinajstić information content (AvgIpc) is 2.84. The predicted octanol–water partition coefficient (Wildman–Crippen LogP) is 3.41. The molecule has 3 aromatic rings. The molecule has 0 atom stereocenters. The van der Waals surface area contributed by atoms with E-state index in [1.807, 2.05) is 43.3 Å². The number of carbonyl (C=O) groups is 1. The Morgan fingerprint density at radius 2 is 1.72 bits per heavy atom. The molecule has 1 aliphatic rings. The van der Waals surface area contributed by atoms with Crippen molar-refractivity contribution in [3.05, 3.63) is 76.3 Å². The van der Waals surface area contributed by atoms with Crippen molar-refractivity contribution < 1.29 is 14.5 Å². The third-order valence-electron chi connectivity index (χ3n) is 5.33. The molecule has 0 N–H and O–H groups in total. The normalized spacial score (nSPS) is 13.7. The van der Waals surface area contributed by atoms with Crippen LogP contribution < -0.4 is 9.64 Å². The van der Waals surface area contributed by atoms with Crippen LogP contribution in [-0.4, -0.2) is 58.7 Å². The van der Waals surface area contributed by atoms with E-state index in [1.165, 1.54) is 12.1 Å². The second-order valence-electron chi connectivity index (χ2n) is 7.29. The molecule has 1 aromatic heterocycles. The number of piperazine rings is 1. The van der Waals surface area contributed by atoms with Gasteiger partial charge in [0.25, 0.3) is 11.6 Å². The SMILES string of the molecule is CCOc1ccc(-c2ccc(N3CCN(C(=O)c4ccccc4[N+](=O)[O-])CC3)nn2)cc1. The number of aromatic nitrogens is 2. The van der Waals surface area contributed by atoms with Crippen LogP contribution in [0.5, 0.6) is 5.75 Å². The molecule has 1 aliphatic heterocycles. The number of hydrogen-bond acceptors (Lipinski definition) is 7. The van der Waals surface area contributed by atoms with E-state index in [0.717, 1.165) is 22.8 Å². The first kappa shape index (κ1) is 21.2. The number of amides is 1. The van der Waals surface area contributed by atoms with E-state index in [9.17, 15) is 14.9 Å². The summed E-state index contributed by atoms with van der Waals surface area (Å²) in [5, 5.41) is 19.9. The lowest BCUT2D eigenvalue weighted by molar-refractivity contribution is -0.385. The van der Waals surface area contributed by atoms with Crippen LogP contribution in [0.2, 0.25) is 0 Å². The van der Waals surface area contributed by atoms with Gasteiger partial charge in [-0.2, -0.15) is 0 Å². The molecule has 0 spiro atoms. The first-order chi connectivity index (χ1) is 15.6. The second-order valence-corrected chi connectivity index (χ2v) is 7.29. The van der Waals surface area contributed by atoms with E-state index in [2.05, 4.69) is 15.1 Å². The maximum absolute atomic E-state index is 12.8. The van der Waals surface area contributed by atoms with Crippen LogP contribution in [0.4, 0.5) is 11.5 Å². The Labute approximate surface area is 185 Å². The highest BCUT2D eigenvalue weighted by Gasteiger charge is 2.27. The number of nitro benzene ring substituents is 1. The average molecular weight is 433 g/mol. The summed E-state index contributed by atoms with van der Waals surface area (Å²) in [5.74, 6) is 1.22. The van der Waals surface area contributed by atoms with Gasteiger partial charge in [-0.15, -0.1) is 10.2 Å². The van der Waals surface area contributed by atoms with Crippen LogP contribution in [-0.2, 0) is 0 Å². The van der Waals surface area contributed by atoms with Gasteiger partial charge in [-0.05, 0) is 49.4 Å². The Balaban J connectivity index is 1.39. The lowest BCUT2D eigenvalue weighted by Crippen LogP contribution is -2.49. The first-order valence-electron chi connectivity index (χ1n) is 10.4. The Morgan fingerprint density at radius 3 is 2.34 bits per heavy atom. The minimum atomic E-state index is -0.523. The molecule has 0 bridgehead atoms. The molecule has 2 aromatic carbocycles. The van der Waals surface area contributed by atoms with Crippen LogP contribution in [0.15, 0.2) is 60.7 Å². The van der Waals surface area contributed by atoms with Gasteiger partial charge >= 0.3 is 0 Å². The topological polar surface area (TPSA) is 102 Å². The van der Waals surface area contributed by atoms with Crippen LogP contribution >= 0.6 is 0 Å². The van der Waals surface area contributed by atoms with Crippen molar-refractivity contribution in [3.63, 3.8) is 0 Å². The maximum Gasteiger partial charge on any atom is 0.282 e. The number of ether oxygens (including phenoxy) is 1. The third-order valence-corrected chi connectivity index (χ3v) is 5.33. The van der Waals surface area contributed by atoms with Crippen molar-refractivity contribution in [2.24, 2.45) is 0 Å². The summed E-state index contributed by atoms with van der Waals surface area (Å²) >= 11 is 0. The smallest absolute Gasteiger partial charge is 0.282 e. The molecule has 0 radical (unpaired) electrons. The molecule has 0 unspecified atom stereocenters. The highest BCUT2D eigenvalue weighted by Crippen LogP contribution is 2.23. The van der Waals surface area contributed by atoms with E-state index in [0.29, 0.717) is 32.8 Å². The van der Waals surface area contributed by atoms with Crippen LogP contribution in [0.3, 0.4) is 0 Å². The minimum Gasteiger partial charge on any atom is -0.494 e. The molecule has 1 saturated heterocycles. The molecule has 9 nitrogen and oxygen atoms in total. The van der Waals surface area contributed by atoms with Crippen molar-refractivity contribution >= 4 is 17.4 Å². The third kappa shape index (κ3) is 4.51. The van der Waals surface area contributed by atoms with Crippen LogP contribution in [0.1, 0.15) is 17.3 Å². The Hall–Kier alpha value is -4.01. The summed E-state index contributed by atoms with van der Waals surface area (Å²) in [7, 11) is 0. The summed E-state index contributed by atoms with van der Waals surface area (Å²) < 4.78 is 5.46. The van der Waals surface area contributed by atoms with E-state index in [4.69, 9.17) is 4.74 Å². The highest BCUT2D eigenvalue weighted by molar-refractivity contribution is 5.98. The summed E-state index contributed by atoms with van der Waals surface area (Å²) in [6.45, 7) is 4.61. The number of hydrogen-bond donors (Lipinski definition) is 0. The van der Waals surface area contributed by atoms with Gasteiger partial charge in [-0.1, -0.05) is 12.1 Å². The summed E-state index contributed by atoms with van der Waals surface area (Å²) in [5.41, 5.74) is 1.66. The lowest BCUT2D eigenvalue weighted by Gasteiger charge is -2.35. The van der Waals surface area contributed by atoms with Crippen molar-refractivity contribution in [1.82, 2.24) is 15.1 Å². The fraction of sp³-hybridized carbons (Fsp3) is 0.261. The molecule has 32 heavy (non-hydrogen) atoms. The standard InChI is InChI=1S/C23H23N5O4/c1-2-32-18-9-7-17(8-10-18)20-11-12-22(25-24-20)26-13-15-27(16-14-26)23(29)19-5-3-4-6-21(19)28(30)31/h3-12H,2,13-16H2,1H3. The number of benzene rings is 2. The van der Waals surface area contributed by atoms with Crippen LogP contribution in [0, 0.1) is 10.1 Å². The molecule has 1 amide bonds. The molecule has 164 valence electrons. The van der Waals surface area contributed by atoms with Gasteiger partial charge in [-0.3, -0.25) is 14.9 Å². The minimum absolute atomic E-state index is 0.116. The lowest BCUT2D eigenvalue weighted by atomic mass is 10.1. The number of anilines is 1. The van der Waals surface area contributed by atoms with Gasteiger partial charge in [-0.25, -0.2) is 0 Å². The van der Waals surface area contributed by atoms with E-state index in [-0.39, 0.29) is 17.2 Å². The van der Waals surface area contributed by atoms with Gasteiger partial charge in [0, 0.05) is 37.8 Å². The largest absolute Gasteiger partial charge is 0.494 e. The van der Waals surface area contributed by atoms with Crippen molar-refractivity contribution in [2.45, 2.75) is 6.92 Å². The zero-order chi connectivity index (χ0) is 22.5. The first-order valence-corrected chi connectivity index (χ1v) is 10.4. The summed E-state index contributed by atoms with van der Waals surface area (Å²) in [4.78, 5) is 27.2. The zero-order valence-corrected chi connectivity index (χ0v) is 17.7. The Bertz CT molecular complexity index is 1090. The van der Waals surface area contributed by atoms with Gasteiger partial charge in [0.1, 0.15) is 11.3 Å². The second kappa shape index (κ2) is 9.42. The fourth-order valence-corrected chi connectivity index (χ4v) is 3.66. The summed E-state index contributed by atoms with van der Waals surface area (Å²) in [6.07, 6.45) is 0. The quantitative estimate of drug-likeness (QED) is 0.434. The number of nitro groups is 1. The van der Waals surface area contributed by atoms with Gasteiger partial charge in [0.05, 0.1) is 17.2 Å². The summed E-state index contributed by atoms with van der Waals surface area (Å²) in [6, 6.07) is 17.6. The maximum atomic E-state index is 12.8. The van der Waals surface area contributed by atoms with E-state index >= 15 is 0 Å². The van der Waals surface area contributed by atoms with E-state index < -0.39 is 4.92 Å². The number of carbonyl (C=O) groups excluding carboxylic acids is 1. The van der Waals surface area contributed by atoms with Crippen molar-refractivity contribution in [2.75, 3.05) is 37.7 Å². The van der Waals surface area contributed by atoms with Crippen LogP contribution in [0.25, 0.3) is 11.3 Å². The Morgan fingerprint density at radius 1 is 1.00 bits per heavy atom. The Kier molecular flexibility index (Phi) is 6.25. The predicted molar refractivity (Wildman–Crippen MR) is 120 cm³/mol. The number of rotatable bonds is 6. The molecule has 1 fully saturated rings. The number of para-hydroxylation sites is 1.